The zero-order valence-electron chi connectivity index (χ0n) is 5.86. The molecule has 0 aliphatic heterocycles. The Kier molecular flexibility index (Phi) is 3.67. The van der Waals surface area contributed by atoms with Crippen LogP contribution in [0.15, 0.2) is 18.2 Å². The summed E-state index contributed by atoms with van der Waals surface area (Å²) < 4.78 is 4.97. The van der Waals surface area contributed by atoms with Gasteiger partial charge in [0, 0.05) is 26.8 Å². The van der Waals surface area contributed by atoms with Crippen LogP contribution in [0, 0.1) is 0 Å². The summed E-state index contributed by atoms with van der Waals surface area (Å²) in [6.07, 6.45) is 0.699. The highest BCUT2D eigenvalue weighted by Crippen LogP contribution is 2.30. The molecule has 0 saturated heterocycles. The normalized spacial score (nSPS) is 9.42. The van der Waals surface area contributed by atoms with Gasteiger partial charge in [-0.2, -0.15) is 0 Å². The molecule has 64 valence electrons. The molecule has 1 rings (SSSR count). The summed E-state index contributed by atoms with van der Waals surface area (Å²) in [5.74, 6) is 0.337. The van der Waals surface area contributed by atoms with E-state index in [0.717, 1.165) is 9.21 Å². The predicted octanol–water partition coefficient (Wildman–Crippen LogP) is 2.58. The minimum atomic E-state index is 0.0322. The number of phenols is 1. The molecule has 12 heavy (non-hydrogen) atoms. The van der Waals surface area contributed by atoms with Crippen molar-refractivity contribution in [1.29, 1.82) is 0 Å². The molecule has 0 spiro atoms. The van der Waals surface area contributed by atoms with Crippen LogP contribution >= 0.6 is 30.4 Å². The van der Waals surface area contributed by atoms with Gasteiger partial charge in [-0.3, -0.25) is 4.79 Å². The monoisotopic (exact) mass is 296 g/mol. The number of carbonyl (C=O) groups excluding carboxylic acids is 1. The van der Waals surface area contributed by atoms with Crippen LogP contribution in [0.5, 0.6) is 11.5 Å². The van der Waals surface area contributed by atoms with Crippen molar-refractivity contribution in [3.63, 3.8) is 0 Å². The van der Waals surface area contributed by atoms with Gasteiger partial charge in [-0.05, 0) is 18.2 Å². The summed E-state index contributed by atoms with van der Waals surface area (Å²) in [4.78, 5) is 10.3. The van der Waals surface area contributed by atoms with Gasteiger partial charge >= 0.3 is 0 Å². The van der Waals surface area contributed by atoms with Gasteiger partial charge < -0.3 is 9.29 Å². The smallest absolute Gasteiger partial charge is 0.180 e. The fourth-order valence-corrected chi connectivity index (χ4v) is 1.49. The maximum Gasteiger partial charge on any atom is 0.180 e. The first-order valence-corrected chi connectivity index (χ1v) is 6.30. The molecular weight excluding hydrogens is 291 g/mol. The second kappa shape index (κ2) is 4.56. The third-order valence-corrected chi connectivity index (χ3v) is 2.02. The maximum atomic E-state index is 10.3. The standard InChI is InChI=1S/C7H5IO3S/c8-12-11-7-3-5(4-9)1-2-6(7)10/h1-4,10H. The van der Waals surface area contributed by atoms with E-state index in [1.54, 1.807) is 0 Å². The highest BCUT2D eigenvalue weighted by atomic mass is 127. The molecule has 0 fully saturated rings. The number of phenolic OH excluding ortho intramolecular Hbond substituents is 1. The third kappa shape index (κ3) is 2.28. The molecule has 3 nitrogen and oxygen atoms in total. The van der Waals surface area contributed by atoms with Gasteiger partial charge in [-0.1, -0.05) is 0 Å². The molecule has 0 aliphatic carbocycles. The lowest BCUT2D eigenvalue weighted by Gasteiger charge is -2.02. The van der Waals surface area contributed by atoms with Crippen LogP contribution in [-0.4, -0.2) is 11.4 Å². The second-order valence-corrected chi connectivity index (χ2v) is 3.36. The quantitative estimate of drug-likeness (QED) is 0.529. The fraction of sp³-hybridized carbons (Fsp3) is 0. The number of rotatable bonds is 3. The van der Waals surface area contributed by atoms with E-state index in [0.29, 0.717) is 17.6 Å². The van der Waals surface area contributed by atoms with E-state index in [-0.39, 0.29) is 5.75 Å². The van der Waals surface area contributed by atoms with E-state index >= 15 is 0 Å². The molecular formula is C7H5IO3S. The van der Waals surface area contributed by atoms with Crippen molar-refractivity contribution in [2.75, 3.05) is 0 Å². The Hall–Kier alpha value is -0.430. The van der Waals surface area contributed by atoms with E-state index in [1.807, 2.05) is 21.2 Å². The fourth-order valence-electron chi connectivity index (χ4n) is 0.705. The molecule has 0 atom stereocenters. The van der Waals surface area contributed by atoms with Crippen LogP contribution in [-0.2, 0) is 0 Å². The third-order valence-electron chi connectivity index (χ3n) is 1.24. The first-order chi connectivity index (χ1) is 5.77. The highest BCUT2D eigenvalue weighted by Gasteiger charge is 2.03. The average molecular weight is 296 g/mol. The van der Waals surface area contributed by atoms with Crippen molar-refractivity contribution in [2.45, 2.75) is 0 Å². The van der Waals surface area contributed by atoms with E-state index in [4.69, 9.17) is 4.18 Å². The van der Waals surface area contributed by atoms with Crippen LogP contribution in [0.3, 0.4) is 0 Å². The largest absolute Gasteiger partial charge is 0.504 e. The molecule has 0 aromatic heterocycles. The molecule has 1 aromatic rings. The Labute approximate surface area is 85.9 Å². The van der Waals surface area contributed by atoms with Gasteiger partial charge in [-0.25, -0.2) is 0 Å². The minimum Gasteiger partial charge on any atom is -0.504 e. The predicted molar refractivity (Wildman–Crippen MR) is 55.7 cm³/mol. The van der Waals surface area contributed by atoms with Crippen molar-refractivity contribution in [2.24, 2.45) is 0 Å². The molecule has 1 N–H and O–H groups in total. The molecule has 0 unspecified atom stereocenters. The Morgan fingerprint density at radius 1 is 1.58 bits per heavy atom. The number of halogens is 1. The number of benzene rings is 1. The SMILES string of the molecule is O=Cc1ccc(O)c(OSI)c1. The summed E-state index contributed by atoms with van der Waals surface area (Å²) in [6, 6.07) is 4.42. The molecule has 0 radical (unpaired) electrons. The molecule has 0 bridgehead atoms. The van der Waals surface area contributed by atoms with Crippen LogP contribution in [0.4, 0.5) is 0 Å². The van der Waals surface area contributed by atoms with Gasteiger partial charge in [0.25, 0.3) is 0 Å². The lowest BCUT2D eigenvalue weighted by molar-refractivity contribution is 0.112. The first-order valence-electron chi connectivity index (χ1n) is 3.01. The number of carbonyl (C=O) groups is 1. The molecule has 0 aliphatic rings. The Morgan fingerprint density at radius 3 is 2.92 bits per heavy atom. The zero-order valence-corrected chi connectivity index (χ0v) is 8.83. The van der Waals surface area contributed by atoms with E-state index in [9.17, 15) is 9.90 Å². The summed E-state index contributed by atoms with van der Waals surface area (Å²) in [5.41, 5.74) is 0.480. The zero-order chi connectivity index (χ0) is 8.97. The highest BCUT2D eigenvalue weighted by molar-refractivity contribution is 14.2. The van der Waals surface area contributed by atoms with Crippen molar-refractivity contribution < 1.29 is 14.1 Å². The van der Waals surface area contributed by atoms with Crippen molar-refractivity contribution in [1.82, 2.24) is 0 Å². The van der Waals surface area contributed by atoms with Gasteiger partial charge in [0.1, 0.15) is 15.5 Å². The lowest BCUT2D eigenvalue weighted by Crippen LogP contribution is -1.82. The van der Waals surface area contributed by atoms with Crippen LogP contribution < -0.4 is 4.18 Å². The summed E-state index contributed by atoms with van der Waals surface area (Å²) >= 11 is 1.93. The second-order valence-electron chi connectivity index (χ2n) is 1.99. The summed E-state index contributed by atoms with van der Waals surface area (Å²) in [5, 5.41) is 9.20. The Bertz CT molecular complexity index is 290. The molecule has 1 aromatic carbocycles. The maximum absolute atomic E-state index is 10.3. The van der Waals surface area contributed by atoms with Gasteiger partial charge in [-0.15, -0.1) is 0 Å². The first kappa shape index (κ1) is 9.66. The number of hydrogen-bond donors (Lipinski definition) is 1. The topological polar surface area (TPSA) is 46.5 Å². The van der Waals surface area contributed by atoms with Crippen LogP contribution in [0.2, 0.25) is 0 Å². The molecule has 5 heteroatoms. The van der Waals surface area contributed by atoms with E-state index in [1.165, 1.54) is 18.2 Å². The van der Waals surface area contributed by atoms with Crippen molar-refractivity contribution >= 4 is 36.7 Å². The molecule has 0 heterocycles. The van der Waals surface area contributed by atoms with Gasteiger partial charge in [0.2, 0.25) is 0 Å². The van der Waals surface area contributed by atoms with E-state index < -0.39 is 0 Å². The average Bonchev–Trinajstić information content (AvgIpc) is 2.09. The lowest BCUT2D eigenvalue weighted by atomic mass is 10.2. The summed E-state index contributed by atoms with van der Waals surface area (Å²) in [7, 11) is 1.08. The Morgan fingerprint density at radius 2 is 2.33 bits per heavy atom. The van der Waals surface area contributed by atoms with Gasteiger partial charge in [0.15, 0.2) is 11.5 Å². The minimum absolute atomic E-state index is 0.0322. The van der Waals surface area contributed by atoms with Gasteiger partial charge in [0.05, 0.1) is 0 Å². The van der Waals surface area contributed by atoms with E-state index in [2.05, 4.69) is 0 Å². The van der Waals surface area contributed by atoms with Crippen molar-refractivity contribution in [3.05, 3.63) is 23.8 Å². The molecule has 0 amide bonds. The number of hydrogen-bond acceptors (Lipinski definition) is 4. The van der Waals surface area contributed by atoms with Crippen molar-refractivity contribution in [3.8, 4) is 11.5 Å². The molecule has 0 saturated carbocycles. The van der Waals surface area contributed by atoms with Crippen LogP contribution in [0.1, 0.15) is 10.4 Å². The summed E-state index contributed by atoms with van der Waals surface area (Å²) in [6.45, 7) is 0. The number of aromatic hydroxyl groups is 1. The van der Waals surface area contributed by atoms with Crippen LogP contribution in [0.25, 0.3) is 0 Å². The number of aldehydes is 1. The Balaban J connectivity index is 2.99.